The highest BCUT2D eigenvalue weighted by molar-refractivity contribution is 7.80. The molecule has 0 spiro atoms. The van der Waals surface area contributed by atoms with Gasteiger partial charge >= 0.3 is 0 Å². The first kappa shape index (κ1) is 13.6. The molecule has 1 aromatic heterocycles. The normalized spacial score (nSPS) is 12.4. The fraction of sp³-hybridized carbons (Fsp3) is 0.250. The number of hydrogen-bond acceptors (Lipinski definition) is 2. The molecule has 19 heavy (non-hydrogen) atoms. The Hall–Kier alpha value is -1.86. The number of nitrogens with zero attached hydrogens (tertiary/aromatic N) is 2. The first-order chi connectivity index (χ1) is 9.02. The Kier molecular flexibility index (Phi) is 3.87. The molecule has 0 saturated carbocycles. The first-order valence-electron chi connectivity index (χ1n) is 5.80. The van der Waals surface area contributed by atoms with Crippen molar-refractivity contribution in [1.29, 1.82) is 0 Å². The molecule has 0 fully saturated rings. The van der Waals surface area contributed by atoms with E-state index in [4.69, 9.17) is 0 Å². The molecule has 2 rings (SSSR count). The van der Waals surface area contributed by atoms with Gasteiger partial charge in [0.25, 0.3) is 16.8 Å². The van der Waals surface area contributed by atoms with Crippen molar-refractivity contribution in [2.75, 3.05) is 10.8 Å². The van der Waals surface area contributed by atoms with Crippen LogP contribution in [0.2, 0.25) is 0 Å². The lowest BCUT2D eigenvalue weighted by atomic mass is 10.3. The van der Waals surface area contributed by atoms with Crippen LogP contribution in [-0.4, -0.2) is 25.1 Å². The zero-order valence-corrected chi connectivity index (χ0v) is 11.5. The van der Waals surface area contributed by atoms with E-state index in [0.29, 0.717) is 17.9 Å². The Morgan fingerprint density at radius 3 is 2.68 bits per heavy atom. The summed E-state index contributed by atoms with van der Waals surface area (Å²) < 4.78 is 23.1. The summed E-state index contributed by atoms with van der Waals surface area (Å²) in [6.07, 6.45) is 0. The van der Waals surface area contributed by atoms with Crippen LogP contribution in [0.25, 0.3) is 5.69 Å². The summed E-state index contributed by atoms with van der Waals surface area (Å²) in [6, 6.07) is 8.41. The van der Waals surface area contributed by atoms with Crippen LogP contribution < -0.4 is 9.86 Å². The molecule has 1 unspecified atom stereocenters. The second kappa shape index (κ2) is 5.41. The van der Waals surface area contributed by atoms with Gasteiger partial charge in [-0.2, -0.15) is 0 Å². The molecule has 0 bridgehead atoms. The van der Waals surface area contributed by atoms with Gasteiger partial charge in [-0.1, -0.05) is 6.07 Å². The van der Waals surface area contributed by atoms with Crippen molar-refractivity contribution in [3.63, 3.8) is 0 Å². The van der Waals surface area contributed by atoms with Gasteiger partial charge in [0, 0.05) is 18.3 Å². The van der Waals surface area contributed by atoms with Crippen molar-refractivity contribution in [3.05, 3.63) is 46.4 Å². The lowest BCUT2D eigenvalue weighted by Gasteiger charge is -2.18. The monoisotopic (exact) mass is 281 g/mol. The first-order valence-corrected chi connectivity index (χ1v) is 6.87. The van der Waals surface area contributed by atoms with E-state index in [1.807, 2.05) is 0 Å². The van der Waals surface area contributed by atoms with Gasteiger partial charge in [-0.05, 0) is 32.0 Å². The smallest absolute Gasteiger partial charge is 0.271 e. The van der Waals surface area contributed by atoms with Crippen molar-refractivity contribution >= 4 is 17.0 Å². The molecule has 0 amide bonds. The molecule has 1 atom stereocenters. The van der Waals surface area contributed by atoms with E-state index >= 15 is 0 Å². The van der Waals surface area contributed by atoms with Crippen LogP contribution in [0.1, 0.15) is 12.6 Å². The minimum absolute atomic E-state index is 0.164. The zero-order chi connectivity index (χ0) is 14.0. The largest absolute Gasteiger partial charge is 0.295 e. The maximum absolute atomic E-state index is 11.7. The van der Waals surface area contributed by atoms with Gasteiger partial charge in [-0.25, -0.2) is 8.89 Å². The van der Waals surface area contributed by atoms with Crippen LogP contribution in [0.5, 0.6) is 0 Å². The van der Waals surface area contributed by atoms with Crippen LogP contribution in [0.15, 0.2) is 35.1 Å². The molecule has 2 N–H and O–H groups in total. The van der Waals surface area contributed by atoms with E-state index in [9.17, 15) is 13.6 Å². The van der Waals surface area contributed by atoms with E-state index in [-0.39, 0.29) is 5.56 Å². The topological polar surface area (TPSA) is 78.3 Å². The maximum Gasteiger partial charge on any atom is 0.271 e. The number of anilines is 1. The van der Waals surface area contributed by atoms with Gasteiger partial charge in [0.15, 0.2) is 0 Å². The highest BCUT2D eigenvalue weighted by atomic mass is 32.2. The van der Waals surface area contributed by atoms with Crippen LogP contribution in [0.4, 0.5) is 5.69 Å². The molecule has 1 heterocycles. The number of benzene rings is 1. The number of aromatic nitrogens is 2. The number of aryl methyl sites for hydroxylation is 1. The summed E-state index contributed by atoms with van der Waals surface area (Å²) in [4.78, 5) is 11.7. The molecule has 2 aromatic rings. The lowest BCUT2D eigenvalue weighted by molar-refractivity contribution is 0.560. The lowest BCUT2D eigenvalue weighted by Crippen LogP contribution is -2.25. The predicted octanol–water partition coefficient (Wildman–Crippen LogP) is 1.44. The quantitative estimate of drug-likeness (QED) is 0.832. The predicted molar refractivity (Wildman–Crippen MR) is 74.9 cm³/mol. The maximum atomic E-state index is 11.7. The Morgan fingerprint density at radius 2 is 2.16 bits per heavy atom. The SMILES string of the molecule is CCN(c1cccc(-n2[nH]c(C)cc2=O)c1)S(=O)O. The Morgan fingerprint density at radius 1 is 1.42 bits per heavy atom. The molecular formula is C12H15N3O3S. The van der Waals surface area contributed by atoms with E-state index in [0.717, 1.165) is 5.69 Å². The van der Waals surface area contributed by atoms with Crippen LogP contribution in [0, 0.1) is 6.92 Å². The van der Waals surface area contributed by atoms with E-state index in [1.54, 1.807) is 38.1 Å². The summed E-state index contributed by atoms with van der Waals surface area (Å²) in [6.45, 7) is 3.97. The Balaban J connectivity index is 2.47. The third kappa shape index (κ3) is 2.77. The summed E-state index contributed by atoms with van der Waals surface area (Å²) in [5.41, 5.74) is 1.80. The molecular weight excluding hydrogens is 266 g/mol. The van der Waals surface area contributed by atoms with E-state index in [2.05, 4.69) is 5.10 Å². The molecule has 6 nitrogen and oxygen atoms in total. The average molecular weight is 281 g/mol. The fourth-order valence-electron chi connectivity index (χ4n) is 1.88. The van der Waals surface area contributed by atoms with Gasteiger partial charge in [0.2, 0.25) is 0 Å². The second-order valence-corrected chi connectivity index (χ2v) is 4.96. The van der Waals surface area contributed by atoms with Gasteiger partial charge in [-0.3, -0.25) is 18.8 Å². The van der Waals surface area contributed by atoms with Gasteiger partial charge < -0.3 is 0 Å². The molecule has 0 saturated heterocycles. The van der Waals surface area contributed by atoms with Crippen molar-refractivity contribution < 1.29 is 8.76 Å². The van der Waals surface area contributed by atoms with Crippen molar-refractivity contribution in [1.82, 2.24) is 9.78 Å². The molecule has 1 aromatic carbocycles. The number of hydrogen-bond donors (Lipinski definition) is 2. The highest BCUT2D eigenvalue weighted by Gasteiger charge is 2.11. The number of aromatic amines is 1. The molecule has 102 valence electrons. The second-order valence-electron chi connectivity index (χ2n) is 4.06. The number of H-pyrrole nitrogens is 1. The molecule has 0 radical (unpaired) electrons. The van der Waals surface area contributed by atoms with Crippen LogP contribution in [0.3, 0.4) is 0 Å². The minimum Gasteiger partial charge on any atom is -0.295 e. The average Bonchev–Trinajstić information content (AvgIpc) is 2.69. The number of rotatable bonds is 4. The van der Waals surface area contributed by atoms with Gasteiger partial charge in [0.05, 0.1) is 11.4 Å². The van der Waals surface area contributed by atoms with E-state index in [1.165, 1.54) is 15.1 Å². The zero-order valence-electron chi connectivity index (χ0n) is 10.7. The third-order valence-corrected chi connectivity index (χ3v) is 3.55. The Bertz CT molecular complexity index is 662. The molecule has 7 heteroatoms. The van der Waals surface area contributed by atoms with Crippen LogP contribution >= 0.6 is 0 Å². The highest BCUT2D eigenvalue weighted by Crippen LogP contribution is 2.18. The summed E-state index contributed by atoms with van der Waals surface area (Å²) in [7, 11) is 0. The minimum atomic E-state index is -2.08. The Labute approximate surface area is 113 Å². The van der Waals surface area contributed by atoms with Crippen molar-refractivity contribution in [2.24, 2.45) is 0 Å². The molecule has 0 aliphatic carbocycles. The third-order valence-electron chi connectivity index (χ3n) is 2.70. The fourth-order valence-corrected chi connectivity index (χ4v) is 2.39. The van der Waals surface area contributed by atoms with E-state index < -0.39 is 11.3 Å². The standard InChI is InChI=1S/C12H15N3O3S/c1-3-14(19(17)18)10-5-4-6-11(8-10)15-12(16)7-9(2)13-15/h4-8,13H,3H2,1-2H3,(H,17,18). The summed E-state index contributed by atoms with van der Waals surface area (Å²) in [5, 5.41) is 2.92. The summed E-state index contributed by atoms with van der Waals surface area (Å²) in [5.74, 6) is 0. The van der Waals surface area contributed by atoms with Crippen molar-refractivity contribution in [3.8, 4) is 5.69 Å². The molecule has 0 aliphatic heterocycles. The van der Waals surface area contributed by atoms with Crippen LogP contribution in [-0.2, 0) is 11.3 Å². The van der Waals surface area contributed by atoms with Gasteiger partial charge in [-0.15, -0.1) is 0 Å². The molecule has 0 aliphatic rings. The summed E-state index contributed by atoms with van der Waals surface area (Å²) >= 11 is -2.08. The van der Waals surface area contributed by atoms with Gasteiger partial charge in [0.1, 0.15) is 0 Å². The number of nitrogens with one attached hydrogen (secondary N) is 1. The van der Waals surface area contributed by atoms with Crippen molar-refractivity contribution in [2.45, 2.75) is 13.8 Å².